The molecule has 4 heteroatoms. The molecule has 0 aliphatic carbocycles. The van der Waals surface area contributed by atoms with Gasteiger partial charge in [0, 0.05) is 18.8 Å². The largest absolute Gasteiger partial charge is 0.336 e. The molecule has 1 aromatic rings. The van der Waals surface area contributed by atoms with Crippen molar-refractivity contribution in [3.8, 4) is 0 Å². The Balaban J connectivity index is 2.15. The highest BCUT2D eigenvalue weighted by molar-refractivity contribution is 9.10. The second-order valence-electron chi connectivity index (χ2n) is 4.57. The van der Waals surface area contributed by atoms with Crippen molar-refractivity contribution >= 4 is 21.8 Å². The minimum atomic E-state index is 0.111. The van der Waals surface area contributed by atoms with Gasteiger partial charge in [-0.05, 0) is 47.8 Å². The first-order valence-corrected chi connectivity index (χ1v) is 6.90. The Kier molecular flexibility index (Phi) is 4.15. The van der Waals surface area contributed by atoms with Gasteiger partial charge in [0.25, 0.3) is 5.91 Å². The van der Waals surface area contributed by atoms with E-state index in [-0.39, 0.29) is 5.91 Å². The highest BCUT2D eigenvalue weighted by Gasteiger charge is 2.23. The molecule has 1 amide bonds. The van der Waals surface area contributed by atoms with E-state index in [4.69, 9.17) is 0 Å². The molecule has 92 valence electrons. The molecule has 2 rings (SSSR count). The lowest BCUT2D eigenvalue weighted by Gasteiger charge is -2.27. The predicted molar refractivity (Wildman–Crippen MR) is 70.9 cm³/mol. The smallest absolute Gasteiger partial charge is 0.255 e. The minimum absolute atomic E-state index is 0.111. The van der Waals surface area contributed by atoms with Gasteiger partial charge in [-0.25, -0.2) is 4.98 Å². The van der Waals surface area contributed by atoms with Gasteiger partial charge in [0.2, 0.25) is 0 Å². The predicted octanol–water partition coefficient (Wildman–Crippen LogP) is 3.25. The van der Waals surface area contributed by atoms with Gasteiger partial charge in [0.15, 0.2) is 0 Å². The maximum absolute atomic E-state index is 12.3. The van der Waals surface area contributed by atoms with Gasteiger partial charge in [-0.1, -0.05) is 12.8 Å². The number of likely N-dealkylation sites (tertiary alicyclic amines) is 1. The number of amides is 1. The summed E-state index contributed by atoms with van der Waals surface area (Å²) in [7, 11) is 0. The summed E-state index contributed by atoms with van der Waals surface area (Å²) in [5.74, 6) is 0.111. The van der Waals surface area contributed by atoms with Crippen molar-refractivity contribution < 1.29 is 4.79 Å². The molecule has 1 aliphatic rings. The van der Waals surface area contributed by atoms with Gasteiger partial charge >= 0.3 is 0 Å². The van der Waals surface area contributed by atoms with Crippen LogP contribution in [0, 0.1) is 0 Å². The summed E-state index contributed by atoms with van der Waals surface area (Å²) < 4.78 is 0.762. The molecular formula is C13H17BrN2O. The molecule has 0 saturated carbocycles. The number of hydrogen-bond donors (Lipinski definition) is 0. The summed E-state index contributed by atoms with van der Waals surface area (Å²) in [6.07, 6.45) is 6.32. The highest BCUT2D eigenvalue weighted by atomic mass is 79.9. The first kappa shape index (κ1) is 12.6. The third-order valence-corrected chi connectivity index (χ3v) is 3.76. The molecule has 3 nitrogen and oxygen atoms in total. The number of carbonyl (C=O) groups is 1. The molecular weight excluding hydrogens is 280 g/mol. The Morgan fingerprint density at radius 2 is 2.24 bits per heavy atom. The Hall–Kier alpha value is -0.900. The zero-order valence-corrected chi connectivity index (χ0v) is 11.6. The molecule has 1 aromatic heterocycles. The molecule has 1 saturated heterocycles. The monoisotopic (exact) mass is 296 g/mol. The molecule has 0 bridgehead atoms. The highest BCUT2D eigenvalue weighted by Crippen LogP contribution is 2.19. The first-order chi connectivity index (χ1) is 8.18. The summed E-state index contributed by atoms with van der Waals surface area (Å²) in [6, 6.07) is 3.99. The van der Waals surface area contributed by atoms with Crippen LogP contribution in [0.3, 0.4) is 0 Å². The van der Waals surface area contributed by atoms with Crippen LogP contribution >= 0.6 is 15.9 Å². The quantitative estimate of drug-likeness (QED) is 0.746. The zero-order chi connectivity index (χ0) is 12.3. The van der Waals surface area contributed by atoms with E-state index in [1.165, 1.54) is 12.8 Å². The third kappa shape index (κ3) is 3.06. The lowest BCUT2D eigenvalue weighted by molar-refractivity contribution is 0.0697. The SMILES string of the molecule is CC1CCCCCN1C(=O)c1ccc(Br)nc1. The summed E-state index contributed by atoms with van der Waals surface area (Å²) in [5.41, 5.74) is 0.682. The van der Waals surface area contributed by atoms with E-state index < -0.39 is 0 Å². The number of hydrogen-bond acceptors (Lipinski definition) is 2. The van der Waals surface area contributed by atoms with E-state index in [0.717, 1.165) is 24.0 Å². The van der Waals surface area contributed by atoms with Crippen LogP contribution < -0.4 is 0 Å². The van der Waals surface area contributed by atoms with Crippen molar-refractivity contribution in [2.75, 3.05) is 6.54 Å². The van der Waals surface area contributed by atoms with E-state index in [2.05, 4.69) is 27.8 Å². The maximum Gasteiger partial charge on any atom is 0.255 e. The molecule has 0 radical (unpaired) electrons. The fourth-order valence-corrected chi connectivity index (χ4v) is 2.48. The van der Waals surface area contributed by atoms with E-state index in [9.17, 15) is 4.79 Å². The van der Waals surface area contributed by atoms with Crippen LogP contribution in [0.25, 0.3) is 0 Å². The number of halogens is 1. The fraction of sp³-hybridized carbons (Fsp3) is 0.538. The summed E-state index contributed by atoms with van der Waals surface area (Å²) >= 11 is 3.28. The Labute approximate surface area is 110 Å². The Morgan fingerprint density at radius 1 is 1.41 bits per heavy atom. The lowest BCUT2D eigenvalue weighted by atomic mass is 10.1. The molecule has 2 heterocycles. The summed E-state index contributed by atoms with van der Waals surface area (Å²) in [5, 5.41) is 0. The van der Waals surface area contributed by atoms with Crippen molar-refractivity contribution in [3.63, 3.8) is 0 Å². The van der Waals surface area contributed by atoms with Gasteiger partial charge in [0.1, 0.15) is 4.60 Å². The first-order valence-electron chi connectivity index (χ1n) is 6.11. The van der Waals surface area contributed by atoms with Crippen molar-refractivity contribution in [1.82, 2.24) is 9.88 Å². The molecule has 0 aromatic carbocycles. The van der Waals surface area contributed by atoms with Gasteiger partial charge in [-0.2, -0.15) is 0 Å². The van der Waals surface area contributed by atoms with Crippen molar-refractivity contribution in [2.24, 2.45) is 0 Å². The normalized spacial score (nSPS) is 21.1. The minimum Gasteiger partial charge on any atom is -0.336 e. The second-order valence-corrected chi connectivity index (χ2v) is 5.38. The molecule has 1 aliphatic heterocycles. The van der Waals surface area contributed by atoms with Gasteiger partial charge in [-0.3, -0.25) is 4.79 Å². The van der Waals surface area contributed by atoms with Crippen LogP contribution in [-0.2, 0) is 0 Å². The van der Waals surface area contributed by atoms with E-state index in [0.29, 0.717) is 11.6 Å². The number of carbonyl (C=O) groups excluding carboxylic acids is 1. The lowest BCUT2D eigenvalue weighted by Crippen LogP contribution is -2.38. The summed E-state index contributed by atoms with van der Waals surface area (Å²) in [4.78, 5) is 18.4. The maximum atomic E-state index is 12.3. The van der Waals surface area contributed by atoms with Crippen LogP contribution in [0.5, 0.6) is 0 Å². The second kappa shape index (κ2) is 5.63. The average Bonchev–Trinajstić information content (AvgIpc) is 2.54. The number of nitrogens with zero attached hydrogens (tertiary/aromatic N) is 2. The molecule has 1 unspecified atom stereocenters. The number of rotatable bonds is 1. The zero-order valence-electron chi connectivity index (χ0n) is 10.0. The van der Waals surface area contributed by atoms with Gasteiger partial charge in [-0.15, -0.1) is 0 Å². The average molecular weight is 297 g/mol. The van der Waals surface area contributed by atoms with Crippen molar-refractivity contribution in [1.29, 1.82) is 0 Å². The Morgan fingerprint density at radius 3 is 2.94 bits per heavy atom. The van der Waals surface area contributed by atoms with Gasteiger partial charge in [0.05, 0.1) is 5.56 Å². The van der Waals surface area contributed by atoms with Gasteiger partial charge < -0.3 is 4.90 Å². The molecule has 0 spiro atoms. The number of aromatic nitrogens is 1. The fourth-order valence-electron chi connectivity index (χ4n) is 2.24. The van der Waals surface area contributed by atoms with Crippen molar-refractivity contribution in [2.45, 2.75) is 38.6 Å². The van der Waals surface area contributed by atoms with Crippen LogP contribution in [0.2, 0.25) is 0 Å². The Bertz CT molecular complexity index is 391. The van der Waals surface area contributed by atoms with E-state index in [1.807, 2.05) is 17.0 Å². The van der Waals surface area contributed by atoms with Crippen LogP contribution in [0.4, 0.5) is 0 Å². The van der Waals surface area contributed by atoms with E-state index >= 15 is 0 Å². The third-order valence-electron chi connectivity index (χ3n) is 3.29. The molecule has 0 N–H and O–H groups in total. The van der Waals surface area contributed by atoms with Crippen LogP contribution in [-0.4, -0.2) is 28.4 Å². The van der Waals surface area contributed by atoms with Crippen LogP contribution in [0.15, 0.2) is 22.9 Å². The molecule has 1 atom stereocenters. The van der Waals surface area contributed by atoms with Crippen molar-refractivity contribution in [3.05, 3.63) is 28.5 Å². The number of pyridine rings is 1. The van der Waals surface area contributed by atoms with Crippen LogP contribution in [0.1, 0.15) is 43.0 Å². The van der Waals surface area contributed by atoms with E-state index in [1.54, 1.807) is 6.20 Å². The standard InChI is InChI=1S/C13H17BrN2O/c1-10-5-3-2-4-8-16(10)13(17)11-6-7-12(14)15-9-11/h6-7,9-10H,2-5,8H2,1H3. The molecule has 17 heavy (non-hydrogen) atoms. The summed E-state index contributed by atoms with van der Waals surface area (Å²) in [6.45, 7) is 3.01. The molecule has 1 fully saturated rings. The topological polar surface area (TPSA) is 33.2 Å².